The molecule has 156 valence electrons. The van der Waals surface area contributed by atoms with Crippen LogP contribution in [-0.4, -0.2) is 27.8 Å². The van der Waals surface area contributed by atoms with Crippen LogP contribution < -0.4 is 10.6 Å². The normalized spacial score (nSPS) is 11.2. The number of benzene rings is 2. The van der Waals surface area contributed by atoms with Gasteiger partial charge in [0.15, 0.2) is 4.34 Å². The fourth-order valence-corrected chi connectivity index (χ4v) is 3.96. The highest BCUT2D eigenvalue weighted by Gasteiger charge is 2.35. The second-order valence-electron chi connectivity index (χ2n) is 5.92. The lowest BCUT2D eigenvalue weighted by Crippen LogP contribution is -2.24. The highest BCUT2D eigenvalue weighted by atomic mass is 32.2. The summed E-state index contributed by atoms with van der Waals surface area (Å²) in [5.74, 6) is -1.05. The second kappa shape index (κ2) is 9.72. The Bertz CT molecular complexity index is 1030. The van der Waals surface area contributed by atoms with Crippen molar-refractivity contribution in [3.8, 4) is 0 Å². The number of carbonyl (C=O) groups excluding carboxylic acids is 2. The van der Waals surface area contributed by atoms with E-state index in [0.717, 1.165) is 40.8 Å². The smallest absolute Gasteiger partial charge is 0.351 e. The van der Waals surface area contributed by atoms with Gasteiger partial charge in [-0.3, -0.25) is 14.9 Å². The SMILES string of the molecule is O=C(CSc1nnc(NC(=O)c2ccccc2C(F)(F)F)s1)NCc1ccccc1. The zero-order chi connectivity index (χ0) is 21.6. The molecule has 1 aromatic heterocycles. The molecule has 30 heavy (non-hydrogen) atoms. The maximum atomic E-state index is 13.1. The Morgan fingerprint density at radius 3 is 2.43 bits per heavy atom. The molecule has 0 spiro atoms. The van der Waals surface area contributed by atoms with Crippen LogP contribution in [0.5, 0.6) is 0 Å². The highest BCUT2D eigenvalue weighted by Crippen LogP contribution is 2.32. The number of anilines is 1. The molecule has 0 bridgehead atoms. The number of alkyl halides is 3. The molecule has 0 saturated heterocycles. The molecule has 0 aliphatic rings. The van der Waals surface area contributed by atoms with Crippen LogP contribution in [0.2, 0.25) is 0 Å². The Hall–Kier alpha value is -2.92. The molecule has 0 aliphatic carbocycles. The van der Waals surface area contributed by atoms with Crippen LogP contribution in [0.15, 0.2) is 58.9 Å². The monoisotopic (exact) mass is 452 g/mol. The van der Waals surface area contributed by atoms with Gasteiger partial charge < -0.3 is 5.32 Å². The van der Waals surface area contributed by atoms with E-state index >= 15 is 0 Å². The number of halogens is 3. The van der Waals surface area contributed by atoms with Crippen LogP contribution in [0.3, 0.4) is 0 Å². The Morgan fingerprint density at radius 1 is 1.00 bits per heavy atom. The Labute approximate surface area is 177 Å². The van der Waals surface area contributed by atoms with Crippen molar-refractivity contribution in [1.29, 1.82) is 0 Å². The van der Waals surface area contributed by atoms with Gasteiger partial charge in [0.05, 0.1) is 16.9 Å². The first-order valence-corrected chi connectivity index (χ1v) is 10.4. The van der Waals surface area contributed by atoms with Gasteiger partial charge >= 0.3 is 6.18 Å². The third-order valence-electron chi connectivity index (χ3n) is 3.76. The van der Waals surface area contributed by atoms with Gasteiger partial charge in [0.25, 0.3) is 5.91 Å². The molecule has 1 heterocycles. The first-order valence-electron chi connectivity index (χ1n) is 8.57. The summed E-state index contributed by atoms with van der Waals surface area (Å²) in [7, 11) is 0. The molecule has 3 rings (SSSR count). The number of aromatic nitrogens is 2. The Morgan fingerprint density at radius 2 is 1.70 bits per heavy atom. The van der Waals surface area contributed by atoms with E-state index in [2.05, 4.69) is 20.8 Å². The van der Waals surface area contributed by atoms with Gasteiger partial charge in [-0.05, 0) is 17.7 Å². The average molecular weight is 452 g/mol. The van der Waals surface area contributed by atoms with Crippen molar-refractivity contribution >= 4 is 40.0 Å². The first kappa shape index (κ1) is 21.8. The molecule has 6 nitrogen and oxygen atoms in total. The maximum absolute atomic E-state index is 13.1. The van der Waals surface area contributed by atoms with E-state index in [4.69, 9.17) is 0 Å². The summed E-state index contributed by atoms with van der Waals surface area (Å²) < 4.78 is 39.6. The number of nitrogens with zero attached hydrogens (tertiary/aromatic N) is 2. The van der Waals surface area contributed by atoms with Crippen LogP contribution in [0.25, 0.3) is 0 Å². The molecule has 0 atom stereocenters. The summed E-state index contributed by atoms with van der Waals surface area (Å²) in [5.41, 5.74) is -0.567. The molecule has 0 radical (unpaired) electrons. The van der Waals surface area contributed by atoms with E-state index in [-0.39, 0.29) is 16.8 Å². The van der Waals surface area contributed by atoms with Crippen LogP contribution in [0.4, 0.5) is 18.3 Å². The van der Waals surface area contributed by atoms with Crippen LogP contribution >= 0.6 is 23.1 Å². The van der Waals surface area contributed by atoms with Gasteiger partial charge in [0.2, 0.25) is 11.0 Å². The van der Waals surface area contributed by atoms with Crippen molar-refractivity contribution in [3.05, 3.63) is 71.3 Å². The molecule has 2 amide bonds. The van der Waals surface area contributed by atoms with Crippen molar-refractivity contribution < 1.29 is 22.8 Å². The van der Waals surface area contributed by atoms with Gasteiger partial charge in [-0.1, -0.05) is 65.6 Å². The minimum absolute atomic E-state index is 0.0455. The lowest BCUT2D eigenvalue weighted by molar-refractivity contribution is -0.137. The summed E-state index contributed by atoms with van der Waals surface area (Å²) in [6.45, 7) is 0.399. The van der Waals surface area contributed by atoms with Crippen molar-refractivity contribution in [1.82, 2.24) is 15.5 Å². The number of amides is 2. The fourth-order valence-electron chi connectivity index (χ4n) is 2.39. The lowest BCUT2D eigenvalue weighted by Gasteiger charge is -2.11. The molecule has 3 aromatic rings. The fraction of sp³-hybridized carbons (Fsp3) is 0.158. The van der Waals surface area contributed by atoms with Crippen molar-refractivity contribution in [2.75, 3.05) is 11.1 Å². The summed E-state index contributed by atoms with van der Waals surface area (Å²) in [6.07, 6.45) is -4.65. The quantitative estimate of drug-likeness (QED) is 0.414. The second-order valence-corrected chi connectivity index (χ2v) is 8.12. The zero-order valence-electron chi connectivity index (χ0n) is 15.3. The van der Waals surface area contributed by atoms with Crippen LogP contribution in [-0.2, 0) is 17.5 Å². The molecule has 0 unspecified atom stereocenters. The van der Waals surface area contributed by atoms with Gasteiger partial charge in [-0.2, -0.15) is 13.2 Å². The third kappa shape index (κ3) is 6.04. The first-order chi connectivity index (χ1) is 14.3. The Kier molecular flexibility index (Phi) is 7.06. The summed E-state index contributed by atoms with van der Waals surface area (Å²) in [5, 5.41) is 12.7. The number of nitrogens with one attached hydrogen (secondary N) is 2. The topological polar surface area (TPSA) is 84.0 Å². The number of rotatable bonds is 7. The molecule has 0 aliphatic heterocycles. The van der Waals surface area contributed by atoms with Crippen LogP contribution in [0, 0.1) is 0 Å². The van der Waals surface area contributed by atoms with Crippen molar-refractivity contribution in [2.45, 2.75) is 17.1 Å². The van der Waals surface area contributed by atoms with Gasteiger partial charge in [-0.15, -0.1) is 10.2 Å². The van der Waals surface area contributed by atoms with Gasteiger partial charge in [0, 0.05) is 6.54 Å². The Balaban J connectivity index is 1.53. The van der Waals surface area contributed by atoms with Crippen LogP contribution in [0.1, 0.15) is 21.5 Å². The van der Waals surface area contributed by atoms with E-state index in [1.165, 1.54) is 12.1 Å². The van der Waals surface area contributed by atoms with E-state index in [1.54, 1.807) is 0 Å². The summed E-state index contributed by atoms with van der Waals surface area (Å²) in [6, 6.07) is 13.9. The maximum Gasteiger partial charge on any atom is 0.417 e. The number of hydrogen-bond acceptors (Lipinski definition) is 6. The lowest BCUT2D eigenvalue weighted by atomic mass is 10.1. The minimum atomic E-state index is -4.65. The minimum Gasteiger partial charge on any atom is -0.351 e. The molecule has 11 heteroatoms. The van der Waals surface area contributed by atoms with Gasteiger partial charge in [0.1, 0.15) is 0 Å². The molecule has 2 aromatic carbocycles. The van der Waals surface area contributed by atoms with Crippen molar-refractivity contribution in [2.24, 2.45) is 0 Å². The molecule has 0 fully saturated rings. The average Bonchev–Trinajstić information content (AvgIpc) is 3.18. The van der Waals surface area contributed by atoms with Crippen molar-refractivity contribution in [3.63, 3.8) is 0 Å². The number of carbonyl (C=O) groups is 2. The molecule has 0 saturated carbocycles. The van der Waals surface area contributed by atoms with E-state index in [1.807, 2.05) is 30.3 Å². The molecular formula is C19H15F3N4O2S2. The van der Waals surface area contributed by atoms with E-state index < -0.39 is 23.2 Å². The van der Waals surface area contributed by atoms with E-state index in [0.29, 0.717) is 10.9 Å². The molecular weight excluding hydrogens is 437 g/mol. The summed E-state index contributed by atoms with van der Waals surface area (Å²) >= 11 is 2.09. The third-order valence-corrected chi connectivity index (χ3v) is 5.74. The van der Waals surface area contributed by atoms with Gasteiger partial charge in [-0.25, -0.2) is 0 Å². The zero-order valence-corrected chi connectivity index (χ0v) is 16.9. The number of hydrogen-bond donors (Lipinski definition) is 2. The standard InChI is InChI=1S/C19H15F3N4O2S2/c20-19(21,22)14-9-5-4-8-13(14)16(28)24-17-25-26-18(30-17)29-11-15(27)23-10-12-6-2-1-3-7-12/h1-9H,10-11H2,(H,23,27)(H,24,25,28). The summed E-state index contributed by atoms with van der Waals surface area (Å²) in [4.78, 5) is 24.2. The largest absolute Gasteiger partial charge is 0.417 e. The predicted octanol–water partition coefficient (Wildman–Crippen LogP) is 4.22. The predicted molar refractivity (Wildman–Crippen MR) is 108 cm³/mol. The number of thioether (sulfide) groups is 1. The molecule has 2 N–H and O–H groups in total. The van der Waals surface area contributed by atoms with E-state index in [9.17, 15) is 22.8 Å². The highest BCUT2D eigenvalue weighted by molar-refractivity contribution is 8.01.